The highest BCUT2D eigenvalue weighted by molar-refractivity contribution is 5.16. The molecule has 84 valence electrons. The Morgan fingerprint density at radius 2 is 1.00 bits per heavy atom. The number of hydrogen-bond donors (Lipinski definition) is 0. The van der Waals surface area contributed by atoms with E-state index in [2.05, 4.69) is 0 Å². The molecule has 2 nitrogen and oxygen atoms in total. The normalized spacial score (nSPS) is 43.3. The maximum absolute atomic E-state index is 13.9. The largest absolute Gasteiger partial charge is 0.300 e. The van der Waals surface area contributed by atoms with Crippen LogP contribution in [0.1, 0.15) is 13.8 Å². The van der Waals surface area contributed by atoms with Crippen LogP contribution >= 0.6 is 0 Å². The number of halogens is 2. The number of hydrogen-bond acceptors (Lipinski definition) is 2. The SMILES string of the molecule is CC.CN1CC2(F)CN(C)CC2(F)C1. The first-order valence-electron chi connectivity index (χ1n) is 5.20. The van der Waals surface area contributed by atoms with E-state index in [4.69, 9.17) is 0 Å². The molecule has 0 aromatic heterocycles. The van der Waals surface area contributed by atoms with Gasteiger partial charge in [0.15, 0.2) is 11.3 Å². The maximum atomic E-state index is 13.9. The molecule has 0 aromatic carbocycles. The van der Waals surface area contributed by atoms with Crippen molar-refractivity contribution in [1.29, 1.82) is 0 Å². The van der Waals surface area contributed by atoms with Crippen molar-refractivity contribution in [2.75, 3.05) is 40.3 Å². The van der Waals surface area contributed by atoms with Crippen molar-refractivity contribution in [2.45, 2.75) is 25.2 Å². The van der Waals surface area contributed by atoms with Crippen molar-refractivity contribution < 1.29 is 8.78 Å². The molecule has 2 saturated heterocycles. The zero-order valence-electron chi connectivity index (χ0n) is 9.48. The van der Waals surface area contributed by atoms with Crippen molar-refractivity contribution in [3.8, 4) is 0 Å². The van der Waals surface area contributed by atoms with Crippen molar-refractivity contribution in [3.63, 3.8) is 0 Å². The molecule has 0 aromatic rings. The zero-order chi connectivity index (χ0) is 11.0. The Morgan fingerprint density at radius 1 is 0.786 bits per heavy atom. The molecule has 2 rings (SSSR count). The molecule has 2 aliphatic heterocycles. The van der Waals surface area contributed by atoms with E-state index in [0.717, 1.165) is 0 Å². The van der Waals surface area contributed by atoms with Gasteiger partial charge in [-0.2, -0.15) is 0 Å². The van der Waals surface area contributed by atoms with Crippen LogP contribution in [0, 0.1) is 0 Å². The Hall–Kier alpha value is -0.220. The summed E-state index contributed by atoms with van der Waals surface area (Å²) in [5, 5.41) is 0. The summed E-state index contributed by atoms with van der Waals surface area (Å²) < 4.78 is 27.8. The lowest BCUT2D eigenvalue weighted by atomic mass is 9.94. The van der Waals surface area contributed by atoms with Crippen LogP contribution in [-0.4, -0.2) is 61.4 Å². The van der Waals surface area contributed by atoms with E-state index in [1.165, 1.54) is 0 Å². The molecular formula is C10H20F2N2. The summed E-state index contributed by atoms with van der Waals surface area (Å²) in [6.07, 6.45) is 0. The Balaban J connectivity index is 0.000000461. The summed E-state index contributed by atoms with van der Waals surface area (Å²) in [5.74, 6) is 0. The van der Waals surface area contributed by atoms with E-state index in [1.807, 2.05) is 13.8 Å². The summed E-state index contributed by atoms with van der Waals surface area (Å²) >= 11 is 0. The van der Waals surface area contributed by atoms with Crippen molar-refractivity contribution in [3.05, 3.63) is 0 Å². The second-order valence-electron chi connectivity index (χ2n) is 4.28. The zero-order valence-corrected chi connectivity index (χ0v) is 9.48. The van der Waals surface area contributed by atoms with Gasteiger partial charge in [0.25, 0.3) is 0 Å². The standard InChI is InChI=1S/C8H14F2N2.C2H6/c1-11-3-7(9)5-12(2)6-8(7,10)4-11;1-2/h3-6H2,1-2H3;1-2H3. The molecule has 0 atom stereocenters. The van der Waals surface area contributed by atoms with Crippen LogP contribution < -0.4 is 0 Å². The van der Waals surface area contributed by atoms with Gasteiger partial charge in [-0.15, -0.1) is 0 Å². The third-order valence-electron chi connectivity index (χ3n) is 2.89. The Bertz CT molecular complexity index is 174. The number of likely N-dealkylation sites (tertiary alicyclic amines) is 2. The highest BCUT2D eigenvalue weighted by Gasteiger charge is 2.63. The lowest BCUT2D eigenvalue weighted by molar-refractivity contribution is 0.0491. The fourth-order valence-corrected chi connectivity index (χ4v) is 2.49. The van der Waals surface area contributed by atoms with Gasteiger partial charge in [0.05, 0.1) is 0 Å². The fourth-order valence-electron chi connectivity index (χ4n) is 2.49. The lowest BCUT2D eigenvalue weighted by Crippen LogP contribution is -2.44. The second-order valence-corrected chi connectivity index (χ2v) is 4.28. The molecule has 0 radical (unpaired) electrons. The second kappa shape index (κ2) is 3.74. The van der Waals surface area contributed by atoms with Gasteiger partial charge in [0, 0.05) is 26.2 Å². The van der Waals surface area contributed by atoms with Crippen LogP contribution in [0.5, 0.6) is 0 Å². The summed E-state index contributed by atoms with van der Waals surface area (Å²) in [5.41, 5.74) is -3.26. The van der Waals surface area contributed by atoms with Gasteiger partial charge in [-0.05, 0) is 14.1 Å². The van der Waals surface area contributed by atoms with E-state index in [-0.39, 0.29) is 26.2 Å². The van der Waals surface area contributed by atoms with Crippen LogP contribution in [0.15, 0.2) is 0 Å². The monoisotopic (exact) mass is 206 g/mol. The predicted octanol–water partition coefficient (Wildman–Crippen LogP) is 1.32. The van der Waals surface area contributed by atoms with Gasteiger partial charge in [-0.1, -0.05) is 13.8 Å². The molecule has 0 amide bonds. The molecule has 0 bridgehead atoms. The molecule has 2 aliphatic rings. The first-order chi connectivity index (χ1) is 6.45. The van der Waals surface area contributed by atoms with Gasteiger partial charge in [0.1, 0.15) is 0 Å². The van der Waals surface area contributed by atoms with Crippen molar-refractivity contribution >= 4 is 0 Å². The number of rotatable bonds is 0. The van der Waals surface area contributed by atoms with Gasteiger partial charge in [-0.3, -0.25) is 9.80 Å². The average molecular weight is 206 g/mol. The van der Waals surface area contributed by atoms with Gasteiger partial charge < -0.3 is 0 Å². The Morgan fingerprint density at radius 3 is 1.21 bits per heavy atom. The Labute approximate surface area is 84.9 Å². The smallest absolute Gasteiger partial charge is 0.172 e. The molecule has 0 saturated carbocycles. The van der Waals surface area contributed by atoms with Crippen LogP contribution in [0.2, 0.25) is 0 Å². The number of alkyl halides is 2. The molecule has 0 unspecified atom stereocenters. The number of nitrogens with zero attached hydrogens (tertiary/aromatic N) is 2. The van der Waals surface area contributed by atoms with Crippen LogP contribution in [0.4, 0.5) is 8.78 Å². The lowest BCUT2D eigenvalue weighted by Gasteiger charge is -2.22. The third-order valence-corrected chi connectivity index (χ3v) is 2.89. The molecule has 0 aliphatic carbocycles. The molecule has 14 heavy (non-hydrogen) atoms. The molecule has 2 heterocycles. The fraction of sp³-hybridized carbons (Fsp3) is 1.00. The van der Waals surface area contributed by atoms with Gasteiger partial charge in [-0.25, -0.2) is 8.78 Å². The van der Waals surface area contributed by atoms with E-state index < -0.39 is 11.3 Å². The summed E-state index contributed by atoms with van der Waals surface area (Å²) in [6.45, 7) is 4.92. The van der Waals surface area contributed by atoms with E-state index in [1.54, 1.807) is 23.9 Å². The molecule has 0 spiro atoms. The highest BCUT2D eigenvalue weighted by Crippen LogP contribution is 2.43. The molecule has 4 heteroatoms. The summed E-state index contributed by atoms with van der Waals surface area (Å²) in [7, 11) is 3.53. The molecular weight excluding hydrogens is 186 g/mol. The van der Waals surface area contributed by atoms with E-state index >= 15 is 0 Å². The minimum Gasteiger partial charge on any atom is -0.300 e. The highest BCUT2D eigenvalue weighted by atomic mass is 19.2. The van der Waals surface area contributed by atoms with E-state index in [0.29, 0.717) is 0 Å². The maximum Gasteiger partial charge on any atom is 0.172 e. The first kappa shape index (κ1) is 11.9. The number of fused-ring (bicyclic) bond motifs is 1. The van der Waals surface area contributed by atoms with Crippen LogP contribution in [0.25, 0.3) is 0 Å². The van der Waals surface area contributed by atoms with Crippen molar-refractivity contribution in [2.24, 2.45) is 0 Å². The average Bonchev–Trinajstić information content (AvgIpc) is 2.35. The minimum atomic E-state index is -1.63. The van der Waals surface area contributed by atoms with Crippen LogP contribution in [0.3, 0.4) is 0 Å². The van der Waals surface area contributed by atoms with Crippen LogP contribution in [-0.2, 0) is 0 Å². The van der Waals surface area contributed by atoms with Crippen molar-refractivity contribution in [1.82, 2.24) is 9.80 Å². The van der Waals surface area contributed by atoms with Gasteiger partial charge in [0.2, 0.25) is 0 Å². The molecule has 2 fully saturated rings. The summed E-state index contributed by atoms with van der Waals surface area (Å²) in [4.78, 5) is 3.46. The minimum absolute atomic E-state index is 0.230. The third kappa shape index (κ3) is 1.65. The topological polar surface area (TPSA) is 6.48 Å². The predicted molar refractivity (Wildman–Crippen MR) is 54.0 cm³/mol. The van der Waals surface area contributed by atoms with Gasteiger partial charge >= 0.3 is 0 Å². The quantitative estimate of drug-likeness (QED) is 0.590. The van der Waals surface area contributed by atoms with E-state index in [9.17, 15) is 8.78 Å². The first-order valence-corrected chi connectivity index (χ1v) is 5.20. The Kier molecular flexibility index (Phi) is 3.17. The summed E-state index contributed by atoms with van der Waals surface area (Å²) in [6, 6.07) is 0. The molecule has 0 N–H and O–H groups in total.